The van der Waals surface area contributed by atoms with Crippen LogP contribution in [0.15, 0.2) is 47.6 Å². The van der Waals surface area contributed by atoms with Crippen molar-refractivity contribution in [3.8, 4) is 17.2 Å². The van der Waals surface area contributed by atoms with Crippen LogP contribution in [-0.4, -0.2) is 24.7 Å². The Morgan fingerprint density at radius 1 is 1.17 bits per heavy atom. The van der Waals surface area contributed by atoms with Crippen LogP contribution in [-0.2, 0) is 0 Å². The quantitative estimate of drug-likeness (QED) is 0.505. The molecule has 1 aliphatic heterocycles. The van der Waals surface area contributed by atoms with Gasteiger partial charge in [-0.3, -0.25) is 5.43 Å². The SMILES string of the molecule is COc1cccc(NC(=S)N/N=C(/C)c2ccc3c(c2)OCO3)c1. The number of benzene rings is 2. The number of nitrogens with one attached hydrogen (secondary N) is 2. The van der Waals surface area contributed by atoms with E-state index in [1.807, 2.05) is 49.4 Å². The maximum absolute atomic E-state index is 5.37. The first-order valence-corrected chi connectivity index (χ1v) is 7.72. The zero-order valence-corrected chi connectivity index (χ0v) is 14.1. The Hall–Kier alpha value is -2.80. The second-order valence-corrected chi connectivity index (χ2v) is 5.47. The zero-order valence-electron chi connectivity index (χ0n) is 13.3. The molecule has 0 saturated heterocycles. The average molecular weight is 343 g/mol. The van der Waals surface area contributed by atoms with Gasteiger partial charge in [0.15, 0.2) is 16.6 Å². The molecule has 0 aliphatic carbocycles. The summed E-state index contributed by atoms with van der Waals surface area (Å²) >= 11 is 5.25. The number of ether oxygens (including phenoxy) is 3. The molecule has 0 bridgehead atoms. The molecule has 2 aromatic carbocycles. The summed E-state index contributed by atoms with van der Waals surface area (Å²) in [5.41, 5.74) is 5.36. The van der Waals surface area contributed by atoms with Gasteiger partial charge in [0.25, 0.3) is 0 Å². The van der Waals surface area contributed by atoms with Crippen LogP contribution in [0.3, 0.4) is 0 Å². The highest BCUT2D eigenvalue weighted by molar-refractivity contribution is 7.80. The molecule has 1 aliphatic rings. The molecule has 0 amide bonds. The molecule has 6 nitrogen and oxygen atoms in total. The highest BCUT2D eigenvalue weighted by Crippen LogP contribution is 2.32. The molecule has 0 radical (unpaired) electrons. The summed E-state index contributed by atoms with van der Waals surface area (Å²) in [6.07, 6.45) is 0. The van der Waals surface area contributed by atoms with Crippen molar-refractivity contribution < 1.29 is 14.2 Å². The van der Waals surface area contributed by atoms with Gasteiger partial charge in [-0.15, -0.1) is 0 Å². The first-order chi connectivity index (χ1) is 11.7. The van der Waals surface area contributed by atoms with Crippen molar-refractivity contribution in [2.75, 3.05) is 19.2 Å². The van der Waals surface area contributed by atoms with Crippen LogP contribution in [0, 0.1) is 0 Å². The van der Waals surface area contributed by atoms with Gasteiger partial charge in [0.05, 0.1) is 12.8 Å². The number of hydrogen-bond donors (Lipinski definition) is 2. The van der Waals surface area contributed by atoms with Crippen molar-refractivity contribution in [3.63, 3.8) is 0 Å². The first-order valence-electron chi connectivity index (χ1n) is 7.31. The number of hydrazone groups is 1. The number of nitrogens with zero attached hydrogens (tertiary/aromatic N) is 1. The van der Waals surface area contributed by atoms with E-state index in [0.717, 1.165) is 34.2 Å². The van der Waals surface area contributed by atoms with E-state index in [-0.39, 0.29) is 6.79 Å². The lowest BCUT2D eigenvalue weighted by Crippen LogP contribution is -2.24. The van der Waals surface area contributed by atoms with Crippen LogP contribution < -0.4 is 25.0 Å². The van der Waals surface area contributed by atoms with Gasteiger partial charge in [0, 0.05) is 17.3 Å². The summed E-state index contributed by atoms with van der Waals surface area (Å²) in [6, 6.07) is 13.2. The Balaban J connectivity index is 1.62. The van der Waals surface area contributed by atoms with Crippen LogP contribution >= 0.6 is 12.2 Å². The maximum Gasteiger partial charge on any atom is 0.231 e. The van der Waals surface area contributed by atoms with Gasteiger partial charge in [-0.2, -0.15) is 5.10 Å². The molecule has 0 spiro atoms. The lowest BCUT2D eigenvalue weighted by atomic mass is 10.1. The third-order valence-corrected chi connectivity index (χ3v) is 3.64. The van der Waals surface area contributed by atoms with Crippen molar-refractivity contribution in [3.05, 3.63) is 48.0 Å². The molecule has 124 valence electrons. The van der Waals surface area contributed by atoms with E-state index >= 15 is 0 Å². The minimum atomic E-state index is 0.252. The first kappa shape index (κ1) is 16.1. The molecule has 0 unspecified atom stereocenters. The minimum Gasteiger partial charge on any atom is -0.497 e. The monoisotopic (exact) mass is 343 g/mol. The van der Waals surface area contributed by atoms with Crippen molar-refractivity contribution >= 4 is 28.7 Å². The zero-order chi connectivity index (χ0) is 16.9. The van der Waals surface area contributed by atoms with E-state index in [0.29, 0.717) is 5.11 Å². The predicted octanol–water partition coefficient (Wildman–Crippen LogP) is 3.13. The molecular formula is C17H17N3O3S. The summed E-state index contributed by atoms with van der Waals surface area (Å²) in [4.78, 5) is 0. The van der Waals surface area contributed by atoms with E-state index in [9.17, 15) is 0 Å². The van der Waals surface area contributed by atoms with Crippen molar-refractivity contribution in [2.45, 2.75) is 6.92 Å². The summed E-state index contributed by atoms with van der Waals surface area (Å²) < 4.78 is 15.8. The van der Waals surface area contributed by atoms with E-state index in [1.165, 1.54) is 0 Å². The van der Waals surface area contributed by atoms with Crippen molar-refractivity contribution in [2.24, 2.45) is 5.10 Å². The van der Waals surface area contributed by atoms with Gasteiger partial charge in [-0.05, 0) is 49.5 Å². The average Bonchev–Trinajstić information content (AvgIpc) is 3.07. The van der Waals surface area contributed by atoms with E-state index in [2.05, 4.69) is 15.8 Å². The smallest absolute Gasteiger partial charge is 0.231 e. The summed E-state index contributed by atoms with van der Waals surface area (Å²) in [7, 11) is 1.62. The summed E-state index contributed by atoms with van der Waals surface area (Å²) in [5.74, 6) is 2.22. The van der Waals surface area contributed by atoms with Crippen LogP contribution in [0.5, 0.6) is 17.2 Å². The molecule has 1 heterocycles. The molecule has 3 rings (SSSR count). The molecule has 2 aromatic rings. The standard InChI is InChI=1S/C17H17N3O3S/c1-11(12-6-7-15-16(8-12)23-10-22-15)19-20-17(24)18-13-4-3-5-14(9-13)21-2/h3-9H,10H2,1-2H3,(H2,18,20,24)/b19-11-. The van der Waals surface area contributed by atoms with E-state index in [4.69, 9.17) is 26.4 Å². The number of fused-ring (bicyclic) bond motifs is 1. The van der Waals surface area contributed by atoms with Gasteiger partial charge in [-0.25, -0.2) is 0 Å². The fourth-order valence-electron chi connectivity index (χ4n) is 2.18. The van der Waals surface area contributed by atoms with Crippen LogP contribution in [0.2, 0.25) is 0 Å². The number of anilines is 1. The number of thiocarbonyl (C=S) groups is 1. The Labute approximate surface area is 145 Å². The predicted molar refractivity (Wildman–Crippen MR) is 97.1 cm³/mol. The lowest BCUT2D eigenvalue weighted by Gasteiger charge is -2.09. The summed E-state index contributed by atoms with van der Waals surface area (Å²) in [6.45, 7) is 2.14. The van der Waals surface area contributed by atoms with Gasteiger partial charge in [0.1, 0.15) is 5.75 Å². The molecule has 0 atom stereocenters. The van der Waals surface area contributed by atoms with E-state index < -0.39 is 0 Å². The van der Waals surface area contributed by atoms with Gasteiger partial charge in [0.2, 0.25) is 6.79 Å². The summed E-state index contributed by atoms with van der Waals surface area (Å²) in [5, 5.41) is 7.74. The normalized spacial score (nSPS) is 12.7. The molecule has 0 fully saturated rings. The molecule has 0 saturated carbocycles. The minimum absolute atomic E-state index is 0.252. The topological polar surface area (TPSA) is 64.1 Å². The lowest BCUT2D eigenvalue weighted by molar-refractivity contribution is 0.174. The fourth-order valence-corrected chi connectivity index (χ4v) is 2.34. The maximum atomic E-state index is 5.37. The second kappa shape index (κ2) is 7.18. The van der Waals surface area contributed by atoms with Gasteiger partial charge >= 0.3 is 0 Å². The third kappa shape index (κ3) is 3.75. The number of hydrogen-bond acceptors (Lipinski definition) is 5. The van der Waals surface area contributed by atoms with Crippen LogP contribution in [0.25, 0.3) is 0 Å². The van der Waals surface area contributed by atoms with Crippen molar-refractivity contribution in [1.29, 1.82) is 0 Å². The number of rotatable bonds is 4. The third-order valence-electron chi connectivity index (χ3n) is 3.44. The van der Waals surface area contributed by atoms with Crippen LogP contribution in [0.1, 0.15) is 12.5 Å². The molecular weight excluding hydrogens is 326 g/mol. The van der Waals surface area contributed by atoms with Crippen molar-refractivity contribution in [1.82, 2.24) is 5.43 Å². The fraction of sp³-hybridized carbons (Fsp3) is 0.176. The molecule has 24 heavy (non-hydrogen) atoms. The Kier molecular flexibility index (Phi) is 4.81. The highest BCUT2D eigenvalue weighted by Gasteiger charge is 2.14. The Morgan fingerprint density at radius 2 is 2.00 bits per heavy atom. The Bertz CT molecular complexity index is 792. The van der Waals surface area contributed by atoms with Gasteiger partial charge < -0.3 is 19.5 Å². The van der Waals surface area contributed by atoms with Crippen LogP contribution in [0.4, 0.5) is 5.69 Å². The highest BCUT2D eigenvalue weighted by atomic mass is 32.1. The molecule has 7 heteroatoms. The molecule has 0 aromatic heterocycles. The van der Waals surface area contributed by atoms with E-state index in [1.54, 1.807) is 7.11 Å². The largest absolute Gasteiger partial charge is 0.497 e. The second-order valence-electron chi connectivity index (χ2n) is 5.06. The van der Waals surface area contributed by atoms with Gasteiger partial charge in [-0.1, -0.05) is 6.07 Å². The molecule has 2 N–H and O–H groups in total. The number of methoxy groups -OCH3 is 1. The Morgan fingerprint density at radius 3 is 2.83 bits per heavy atom.